The smallest absolute Gasteiger partial charge is 0.0787 e. The molecular weight excluding hydrogens is 238 g/mol. The molecule has 0 aliphatic carbocycles. The Morgan fingerprint density at radius 3 is 2.37 bits per heavy atom. The third kappa shape index (κ3) is 3.35. The van der Waals surface area contributed by atoms with E-state index in [0.717, 1.165) is 12.0 Å². The summed E-state index contributed by atoms with van der Waals surface area (Å²) in [4.78, 5) is 0. The number of ether oxygens (including phenoxy) is 1. The van der Waals surface area contributed by atoms with Gasteiger partial charge in [0.15, 0.2) is 0 Å². The van der Waals surface area contributed by atoms with Crippen LogP contribution in [-0.2, 0) is 4.74 Å². The second-order valence-electron chi connectivity index (χ2n) is 6.53. The van der Waals surface area contributed by atoms with Crippen LogP contribution in [0, 0.1) is 0 Å². The molecule has 2 rings (SSSR count). The molecular formula is C16H25NO2. The standard InChI is InChI=1S/C16H25NO2/c1-15(2)10-14(16(3,4)19-15)17-13(11-18)12-8-6-5-7-9-12/h5-9,13-14,17-18H,10-11H2,1-4H3/t13-,14?/m0/s1. The molecule has 0 amide bonds. The lowest BCUT2D eigenvalue weighted by molar-refractivity contribution is -0.0707. The maximum Gasteiger partial charge on any atom is 0.0787 e. The molecule has 1 aliphatic rings. The minimum absolute atomic E-state index is 0.0389. The van der Waals surface area contributed by atoms with Crippen LogP contribution in [0.3, 0.4) is 0 Å². The first kappa shape index (κ1) is 14.5. The summed E-state index contributed by atoms with van der Waals surface area (Å²) >= 11 is 0. The Balaban J connectivity index is 2.11. The van der Waals surface area contributed by atoms with Gasteiger partial charge in [-0.3, -0.25) is 0 Å². The van der Waals surface area contributed by atoms with Crippen LogP contribution in [0.15, 0.2) is 30.3 Å². The summed E-state index contributed by atoms with van der Waals surface area (Å²) in [5.41, 5.74) is 0.786. The van der Waals surface area contributed by atoms with E-state index in [-0.39, 0.29) is 29.9 Å². The van der Waals surface area contributed by atoms with E-state index < -0.39 is 0 Å². The van der Waals surface area contributed by atoms with Crippen LogP contribution in [0.4, 0.5) is 0 Å². The van der Waals surface area contributed by atoms with E-state index >= 15 is 0 Å². The highest BCUT2D eigenvalue weighted by Crippen LogP contribution is 2.38. The molecule has 106 valence electrons. The lowest BCUT2D eigenvalue weighted by atomic mass is 9.93. The van der Waals surface area contributed by atoms with Crippen LogP contribution in [0.5, 0.6) is 0 Å². The lowest BCUT2D eigenvalue weighted by Crippen LogP contribution is -2.45. The summed E-state index contributed by atoms with van der Waals surface area (Å²) in [6, 6.07) is 10.3. The molecule has 0 radical (unpaired) electrons. The van der Waals surface area contributed by atoms with E-state index in [9.17, 15) is 5.11 Å². The molecule has 1 aromatic rings. The van der Waals surface area contributed by atoms with Gasteiger partial charge in [0.1, 0.15) is 0 Å². The summed E-state index contributed by atoms with van der Waals surface area (Å²) in [6.45, 7) is 8.55. The van der Waals surface area contributed by atoms with Crippen molar-refractivity contribution in [3.05, 3.63) is 35.9 Å². The van der Waals surface area contributed by atoms with E-state index in [2.05, 4.69) is 33.0 Å². The van der Waals surface area contributed by atoms with Gasteiger partial charge >= 0.3 is 0 Å². The topological polar surface area (TPSA) is 41.5 Å². The van der Waals surface area contributed by atoms with Gasteiger partial charge in [0, 0.05) is 6.04 Å². The molecule has 3 heteroatoms. The number of hydrogen-bond acceptors (Lipinski definition) is 3. The molecule has 0 aromatic heterocycles. The van der Waals surface area contributed by atoms with Gasteiger partial charge in [0.05, 0.1) is 23.9 Å². The molecule has 1 aromatic carbocycles. The van der Waals surface area contributed by atoms with E-state index in [0.29, 0.717) is 0 Å². The number of benzene rings is 1. The fourth-order valence-electron chi connectivity index (χ4n) is 3.00. The van der Waals surface area contributed by atoms with Crippen LogP contribution in [0.25, 0.3) is 0 Å². The van der Waals surface area contributed by atoms with Gasteiger partial charge in [0.2, 0.25) is 0 Å². The number of aliphatic hydroxyl groups excluding tert-OH is 1. The highest BCUT2D eigenvalue weighted by Gasteiger charge is 2.46. The third-order valence-corrected chi connectivity index (χ3v) is 3.86. The Morgan fingerprint density at radius 1 is 1.26 bits per heavy atom. The third-order valence-electron chi connectivity index (χ3n) is 3.86. The summed E-state index contributed by atoms with van der Waals surface area (Å²) in [7, 11) is 0. The quantitative estimate of drug-likeness (QED) is 0.877. The highest BCUT2D eigenvalue weighted by molar-refractivity contribution is 5.19. The van der Waals surface area contributed by atoms with Crippen molar-refractivity contribution in [2.45, 2.75) is 57.4 Å². The first-order valence-corrected chi connectivity index (χ1v) is 6.96. The summed E-state index contributed by atoms with van der Waals surface area (Å²) < 4.78 is 6.09. The minimum Gasteiger partial charge on any atom is -0.394 e. The maximum atomic E-state index is 9.64. The zero-order valence-electron chi connectivity index (χ0n) is 12.3. The van der Waals surface area contributed by atoms with Crippen LogP contribution in [-0.4, -0.2) is 29.0 Å². The highest BCUT2D eigenvalue weighted by atomic mass is 16.5. The Labute approximate surface area is 116 Å². The average molecular weight is 263 g/mol. The van der Waals surface area contributed by atoms with Gasteiger partial charge in [-0.25, -0.2) is 0 Å². The first-order valence-electron chi connectivity index (χ1n) is 6.96. The molecule has 2 N–H and O–H groups in total. The summed E-state index contributed by atoms with van der Waals surface area (Å²) in [5.74, 6) is 0. The van der Waals surface area contributed by atoms with Crippen molar-refractivity contribution in [2.24, 2.45) is 0 Å². The van der Waals surface area contributed by atoms with Crippen LogP contribution in [0.1, 0.15) is 45.7 Å². The van der Waals surface area contributed by atoms with Gasteiger partial charge in [-0.05, 0) is 39.7 Å². The molecule has 0 bridgehead atoms. The van der Waals surface area contributed by atoms with Crippen molar-refractivity contribution in [3.63, 3.8) is 0 Å². The molecule has 1 saturated heterocycles. The largest absolute Gasteiger partial charge is 0.394 e. The van der Waals surface area contributed by atoms with E-state index in [4.69, 9.17) is 4.74 Å². The Kier molecular flexibility index (Phi) is 4.00. The van der Waals surface area contributed by atoms with Crippen LogP contribution >= 0.6 is 0 Å². The maximum absolute atomic E-state index is 9.64. The van der Waals surface area contributed by atoms with Gasteiger partial charge in [-0.1, -0.05) is 30.3 Å². The number of aliphatic hydroxyl groups is 1. The molecule has 19 heavy (non-hydrogen) atoms. The molecule has 1 heterocycles. The Bertz CT molecular complexity index is 414. The molecule has 1 fully saturated rings. The summed E-state index contributed by atoms with van der Waals surface area (Å²) in [6.07, 6.45) is 0.948. The fourth-order valence-corrected chi connectivity index (χ4v) is 3.00. The van der Waals surface area contributed by atoms with Crippen LogP contribution < -0.4 is 5.32 Å². The van der Waals surface area contributed by atoms with Gasteiger partial charge in [-0.15, -0.1) is 0 Å². The summed E-state index contributed by atoms with van der Waals surface area (Å²) in [5, 5.41) is 13.2. The Hall–Kier alpha value is -0.900. The molecule has 1 aliphatic heterocycles. The number of hydrogen-bond donors (Lipinski definition) is 2. The molecule has 1 unspecified atom stereocenters. The van der Waals surface area contributed by atoms with Crippen molar-refractivity contribution in [2.75, 3.05) is 6.61 Å². The molecule has 3 nitrogen and oxygen atoms in total. The molecule has 2 atom stereocenters. The lowest BCUT2D eigenvalue weighted by Gasteiger charge is -2.30. The first-order chi connectivity index (χ1) is 8.84. The van der Waals surface area contributed by atoms with Crippen LogP contribution in [0.2, 0.25) is 0 Å². The van der Waals surface area contributed by atoms with Gasteiger partial charge in [0.25, 0.3) is 0 Å². The minimum atomic E-state index is -0.217. The second-order valence-corrected chi connectivity index (χ2v) is 6.53. The monoisotopic (exact) mass is 263 g/mol. The van der Waals surface area contributed by atoms with E-state index in [1.165, 1.54) is 0 Å². The average Bonchev–Trinajstić information content (AvgIpc) is 2.55. The molecule has 0 saturated carbocycles. The van der Waals surface area contributed by atoms with E-state index in [1.807, 2.05) is 30.3 Å². The number of rotatable bonds is 4. The molecule has 0 spiro atoms. The van der Waals surface area contributed by atoms with Crippen molar-refractivity contribution in [1.82, 2.24) is 5.32 Å². The predicted octanol–water partition coefficient (Wildman–Crippen LogP) is 2.66. The van der Waals surface area contributed by atoms with Crippen molar-refractivity contribution in [1.29, 1.82) is 0 Å². The van der Waals surface area contributed by atoms with E-state index in [1.54, 1.807) is 0 Å². The SMILES string of the molecule is CC1(C)CC(N[C@@H](CO)c2ccccc2)C(C)(C)O1. The van der Waals surface area contributed by atoms with Crippen molar-refractivity contribution >= 4 is 0 Å². The normalized spacial score (nSPS) is 26.3. The Morgan fingerprint density at radius 2 is 1.89 bits per heavy atom. The fraction of sp³-hybridized carbons (Fsp3) is 0.625. The van der Waals surface area contributed by atoms with Gasteiger partial charge < -0.3 is 15.2 Å². The number of nitrogens with one attached hydrogen (secondary N) is 1. The predicted molar refractivity (Wildman–Crippen MR) is 77.1 cm³/mol. The zero-order chi connectivity index (χ0) is 14.1. The van der Waals surface area contributed by atoms with Crippen molar-refractivity contribution in [3.8, 4) is 0 Å². The van der Waals surface area contributed by atoms with Gasteiger partial charge in [-0.2, -0.15) is 0 Å². The zero-order valence-corrected chi connectivity index (χ0v) is 12.3. The second kappa shape index (κ2) is 5.23. The van der Waals surface area contributed by atoms with Crippen molar-refractivity contribution < 1.29 is 9.84 Å².